The number of hydrogen-bond donors (Lipinski definition) is 1. The fourth-order valence-electron chi connectivity index (χ4n) is 0.874. The summed E-state index contributed by atoms with van der Waals surface area (Å²) >= 11 is 0. The van der Waals surface area contributed by atoms with Crippen LogP contribution >= 0.6 is 0 Å². The number of nitrogens with zero attached hydrogens (tertiary/aromatic N) is 1. The lowest BCUT2D eigenvalue weighted by atomic mass is 10.1. The average molecular weight is 208 g/mol. The molecule has 0 aromatic heterocycles. The summed E-state index contributed by atoms with van der Waals surface area (Å²) in [6.07, 6.45) is 1.47. The maximum absolute atomic E-state index is 10.4. The number of halogens is 1. The predicted octanol–water partition coefficient (Wildman–Crippen LogP) is -1.88. The van der Waals surface area contributed by atoms with Gasteiger partial charge in [-0.1, -0.05) is 6.58 Å². The van der Waals surface area contributed by atoms with Crippen molar-refractivity contribution in [1.29, 1.82) is 0 Å². The van der Waals surface area contributed by atoms with Crippen molar-refractivity contribution in [1.82, 2.24) is 0 Å². The summed E-state index contributed by atoms with van der Waals surface area (Å²) < 4.78 is 0.868. The summed E-state index contributed by atoms with van der Waals surface area (Å²) in [6, 6.07) is 0. The highest BCUT2D eigenvalue weighted by atomic mass is 35.5. The normalized spacial score (nSPS) is 10.4. The van der Waals surface area contributed by atoms with Crippen molar-refractivity contribution in [2.75, 3.05) is 27.7 Å². The molecule has 0 saturated carbocycles. The summed E-state index contributed by atoms with van der Waals surface area (Å²) in [5.74, 6) is -0.878. The van der Waals surface area contributed by atoms with Crippen LogP contribution in [0.4, 0.5) is 0 Å². The van der Waals surface area contributed by atoms with Gasteiger partial charge >= 0.3 is 5.97 Å². The quantitative estimate of drug-likeness (QED) is 0.423. The van der Waals surface area contributed by atoms with E-state index in [1.807, 2.05) is 0 Å². The van der Waals surface area contributed by atoms with Gasteiger partial charge in [0.2, 0.25) is 0 Å². The molecular formula is C9H18ClNO2. The zero-order valence-electron chi connectivity index (χ0n) is 8.51. The van der Waals surface area contributed by atoms with Crippen LogP contribution in [0.15, 0.2) is 12.2 Å². The number of carboxylic acid groups (broad SMARTS) is 1. The van der Waals surface area contributed by atoms with Crippen LogP contribution in [0.25, 0.3) is 0 Å². The van der Waals surface area contributed by atoms with Crippen molar-refractivity contribution in [3.63, 3.8) is 0 Å². The van der Waals surface area contributed by atoms with E-state index < -0.39 is 5.97 Å². The zero-order chi connectivity index (χ0) is 9.78. The molecule has 0 unspecified atom stereocenters. The van der Waals surface area contributed by atoms with Gasteiger partial charge in [-0.25, -0.2) is 4.79 Å². The molecule has 0 aliphatic rings. The fraction of sp³-hybridized carbons (Fsp3) is 0.667. The SMILES string of the molecule is C=C(CCC[N+](C)(C)C)C(=O)O.[Cl-]. The van der Waals surface area contributed by atoms with E-state index in [9.17, 15) is 4.79 Å². The minimum absolute atomic E-state index is 0. The minimum atomic E-state index is -0.878. The number of rotatable bonds is 5. The molecule has 13 heavy (non-hydrogen) atoms. The zero-order valence-corrected chi connectivity index (χ0v) is 9.26. The lowest BCUT2D eigenvalue weighted by Gasteiger charge is -2.23. The fourth-order valence-corrected chi connectivity index (χ4v) is 0.874. The molecule has 0 atom stereocenters. The molecule has 0 saturated heterocycles. The van der Waals surface area contributed by atoms with E-state index in [0.717, 1.165) is 17.4 Å². The molecule has 0 aliphatic heterocycles. The van der Waals surface area contributed by atoms with Gasteiger partial charge in [-0.2, -0.15) is 0 Å². The van der Waals surface area contributed by atoms with Gasteiger partial charge in [-0.3, -0.25) is 0 Å². The Hall–Kier alpha value is -0.540. The van der Waals surface area contributed by atoms with E-state index in [2.05, 4.69) is 27.7 Å². The van der Waals surface area contributed by atoms with Crippen molar-refractivity contribution in [3.8, 4) is 0 Å². The van der Waals surface area contributed by atoms with Crippen molar-refractivity contribution in [2.24, 2.45) is 0 Å². The maximum atomic E-state index is 10.4. The van der Waals surface area contributed by atoms with Gasteiger partial charge < -0.3 is 22.0 Å². The third-order valence-corrected chi connectivity index (χ3v) is 1.61. The summed E-state index contributed by atoms with van der Waals surface area (Å²) in [5.41, 5.74) is 0.309. The van der Waals surface area contributed by atoms with Crippen molar-refractivity contribution < 1.29 is 26.8 Å². The Morgan fingerprint density at radius 3 is 2.15 bits per heavy atom. The summed E-state index contributed by atoms with van der Waals surface area (Å²) in [4.78, 5) is 10.4. The van der Waals surface area contributed by atoms with Crippen molar-refractivity contribution in [2.45, 2.75) is 12.8 Å². The molecule has 0 aromatic carbocycles. The Morgan fingerprint density at radius 1 is 1.38 bits per heavy atom. The third-order valence-electron chi connectivity index (χ3n) is 1.61. The molecule has 78 valence electrons. The molecule has 0 spiro atoms. The van der Waals surface area contributed by atoms with E-state index in [0.29, 0.717) is 12.0 Å². The van der Waals surface area contributed by atoms with Crippen molar-refractivity contribution in [3.05, 3.63) is 12.2 Å². The first-order valence-electron chi connectivity index (χ1n) is 4.04. The first-order valence-corrected chi connectivity index (χ1v) is 4.04. The summed E-state index contributed by atoms with van der Waals surface area (Å²) in [7, 11) is 6.26. The second-order valence-electron chi connectivity index (χ2n) is 4.03. The molecular weight excluding hydrogens is 190 g/mol. The summed E-state index contributed by atoms with van der Waals surface area (Å²) in [6.45, 7) is 4.45. The van der Waals surface area contributed by atoms with E-state index in [1.54, 1.807) is 0 Å². The average Bonchev–Trinajstić information content (AvgIpc) is 1.84. The Bertz CT molecular complexity index is 185. The smallest absolute Gasteiger partial charge is 0.330 e. The van der Waals surface area contributed by atoms with Crippen LogP contribution in [0.1, 0.15) is 12.8 Å². The molecule has 0 heterocycles. The van der Waals surface area contributed by atoms with E-state index >= 15 is 0 Å². The van der Waals surface area contributed by atoms with Crippen LogP contribution in [0.2, 0.25) is 0 Å². The predicted molar refractivity (Wildman–Crippen MR) is 48.9 cm³/mol. The Labute approximate surface area is 86.0 Å². The number of quaternary nitrogens is 1. The van der Waals surface area contributed by atoms with Gasteiger partial charge in [-0.15, -0.1) is 0 Å². The monoisotopic (exact) mass is 207 g/mol. The Kier molecular flexibility index (Phi) is 6.90. The van der Waals surface area contributed by atoms with Gasteiger partial charge in [0.25, 0.3) is 0 Å². The highest BCUT2D eigenvalue weighted by Gasteiger charge is 2.08. The minimum Gasteiger partial charge on any atom is -1.00 e. The number of aliphatic carboxylic acids is 1. The van der Waals surface area contributed by atoms with E-state index in [1.165, 1.54) is 0 Å². The van der Waals surface area contributed by atoms with Crippen LogP contribution in [0.5, 0.6) is 0 Å². The molecule has 0 radical (unpaired) electrons. The Morgan fingerprint density at radius 2 is 1.85 bits per heavy atom. The third kappa shape index (κ3) is 9.37. The van der Waals surface area contributed by atoms with Crippen LogP contribution in [0, 0.1) is 0 Å². The van der Waals surface area contributed by atoms with E-state index in [-0.39, 0.29) is 12.4 Å². The van der Waals surface area contributed by atoms with Gasteiger partial charge in [0.1, 0.15) is 0 Å². The molecule has 0 aromatic rings. The molecule has 0 amide bonds. The number of carbonyl (C=O) groups is 1. The molecule has 3 nitrogen and oxygen atoms in total. The van der Waals surface area contributed by atoms with Crippen LogP contribution < -0.4 is 12.4 Å². The van der Waals surface area contributed by atoms with Gasteiger partial charge in [0, 0.05) is 12.0 Å². The maximum Gasteiger partial charge on any atom is 0.330 e. The molecule has 0 bridgehead atoms. The molecule has 1 N–H and O–H groups in total. The number of hydrogen-bond acceptors (Lipinski definition) is 1. The highest BCUT2D eigenvalue weighted by molar-refractivity contribution is 5.85. The standard InChI is InChI=1S/C9H17NO2.ClH/c1-8(9(11)12)6-5-7-10(2,3)4;/h1,5-7H2,2-4H3;1H. The number of carboxylic acids is 1. The topological polar surface area (TPSA) is 37.3 Å². The molecule has 0 aliphatic carbocycles. The largest absolute Gasteiger partial charge is 1.00 e. The second-order valence-corrected chi connectivity index (χ2v) is 4.03. The second kappa shape index (κ2) is 6.00. The first-order chi connectivity index (χ1) is 5.33. The first kappa shape index (κ1) is 15.0. The van der Waals surface area contributed by atoms with Gasteiger partial charge in [-0.05, 0) is 6.42 Å². The lowest BCUT2D eigenvalue weighted by Crippen LogP contribution is -3.00. The van der Waals surface area contributed by atoms with Crippen LogP contribution in [-0.4, -0.2) is 43.2 Å². The lowest BCUT2D eigenvalue weighted by molar-refractivity contribution is -0.870. The van der Waals surface area contributed by atoms with Gasteiger partial charge in [0.05, 0.1) is 27.7 Å². The summed E-state index contributed by atoms with van der Waals surface area (Å²) in [5, 5.41) is 8.51. The van der Waals surface area contributed by atoms with Gasteiger partial charge in [0.15, 0.2) is 0 Å². The van der Waals surface area contributed by atoms with Crippen molar-refractivity contribution >= 4 is 5.97 Å². The Balaban J connectivity index is 0. The van der Waals surface area contributed by atoms with Crippen LogP contribution in [0.3, 0.4) is 0 Å². The molecule has 0 rings (SSSR count). The molecule has 4 heteroatoms. The highest BCUT2D eigenvalue weighted by Crippen LogP contribution is 2.04. The molecule has 0 fully saturated rings. The van der Waals surface area contributed by atoms with Crippen LogP contribution in [-0.2, 0) is 4.79 Å². The van der Waals surface area contributed by atoms with E-state index in [4.69, 9.17) is 5.11 Å².